The minimum atomic E-state index is -1.23. The molecule has 2 saturated heterocycles. The van der Waals surface area contributed by atoms with E-state index in [-0.39, 0.29) is 24.9 Å². The zero-order chi connectivity index (χ0) is 20.2. The average molecular weight is 396 g/mol. The first-order valence-corrected chi connectivity index (χ1v) is 9.66. The molecule has 2 aliphatic rings. The minimum Gasteiger partial charge on any atom is -0.490 e. The monoisotopic (exact) mass is 396 g/mol. The molecule has 0 radical (unpaired) electrons. The van der Waals surface area contributed by atoms with Crippen LogP contribution in [-0.2, 0) is 9.53 Å². The Morgan fingerprint density at radius 3 is 2.50 bits per heavy atom. The van der Waals surface area contributed by atoms with Crippen LogP contribution in [0.3, 0.4) is 0 Å². The van der Waals surface area contributed by atoms with E-state index in [9.17, 15) is 19.4 Å². The van der Waals surface area contributed by atoms with Crippen molar-refractivity contribution in [1.29, 1.82) is 0 Å². The predicted molar refractivity (Wildman–Crippen MR) is 101 cm³/mol. The van der Waals surface area contributed by atoms with E-state index in [2.05, 4.69) is 0 Å². The molecule has 8 heteroatoms. The number of rotatable bonds is 5. The van der Waals surface area contributed by atoms with E-state index < -0.39 is 11.2 Å². The van der Waals surface area contributed by atoms with Gasteiger partial charge >= 0.3 is 0 Å². The number of likely N-dealkylation sites (tertiary alicyclic amines) is 1. The van der Waals surface area contributed by atoms with Gasteiger partial charge in [-0.15, -0.1) is 0 Å². The minimum absolute atomic E-state index is 0.00563. The van der Waals surface area contributed by atoms with Crippen LogP contribution < -0.4 is 4.74 Å². The molecule has 3 rings (SSSR count). The van der Waals surface area contributed by atoms with Gasteiger partial charge in [0.05, 0.1) is 18.8 Å². The summed E-state index contributed by atoms with van der Waals surface area (Å²) in [4.78, 5) is 15.2. The number of aliphatic hydroxyl groups is 2. The fourth-order valence-corrected chi connectivity index (χ4v) is 3.78. The highest BCUT2D eigenvalue weighted by atomic mass is 19.1. The topological polar surface area (TPSA) is 82.5 Å². The smallest absolute Gasteiger partial charge is 0.219 e. The zero-order valence-corrected chi connectivity index (χ0v) is 16.3. The number of carbonyl (C=O) groups excluding carboxylic acids is 1. The largest absolute Gasteiger partial charge is 0.490 e. The lowest BCUT2D eigenvalue weighted by atomic mass is 9.90. The first-order chi connectivity index (χ1) is 13.3. The summed E-state index contributed by atoms with van der Waals surface area (Å²) >= 11 is 0. The molecular weight excluding hydrogens is 367 g/mol. The van der Waals surface area contributed by atoms with Crippen molar-refractivity contribution in [3.8, 4) is 5.75 Å². The van der Waals surface area contributed by atoms with Crippen molar-refractivity contribution < 1.29 is 28.9 Å². The fourth-order valence-electron chi connectivity index (χ4n) is 3.78. The molecule has 2 N–H and O–H groups in total. The summed E-state index contributed by atoms with van der Waals surface area (Å²) < 4.78 is 24.2. The highest BCUT2D eigenvalue weighted by Gasteiger charge is 2.39. The van der Waals surface area contributed by atoms with Crippen molar-refractivity contribution >= 4 is 5.91 Å². The Balaban J connectivity index is 1.56. The standard InChI is InChI=1S/C20H29FN2O5/c1-16(24)23-8-6-19(25,7-9-23)12-22-10-11-27-14-20(26,13-22)15-28-18-4-2-17(21)3-5-18/h2-5,25-26H,6-15H2,1H3. The van der Waals surface area contributed by atoms with Crippen LogP contribution in [0.4, 0.5) is 4.39 Å². The van der Waals surface area contributed by atoms with Gasteiger partial charge in [0.25, 0.3) is 0 Å². The summed E-state index contributed by atoms with van der Waals surface area (Å²) in [6.07, 6.45) is 1.02. The summed E-state index contributed by atoms with van der Waals surface area (Å²) in [5.41, 5.74) is -2.13. The number of piperidine rings is 1. The van der Waals surface area contributed by atoms with Gasteiger partial charge in [-0.05, 0) is 37.1 Å². The van der Waals surface area contributed by atoms with E-state index in [0.717, 1.165) is 0 Å². The number of benzene rings is 1. The van der Waals surface area contributed by atoms with E-state index in [0.29, 0.717) is 57.9 Å². The van der Waals surface area contributed by atoms with Crippen molar-refractivity contribution in [3.63, 3.8) is 0 Å². The molecule has 2 heterocycles. The number of ether oxygens (including phenoxy) is 2. The van der Waals surface area contributed by atoms with E-state index >= 15 is 0 Å². The molecule has 2 aliphatic heterocycles. The zero-order valence-electron chi connectivity index (χ0n) is 16.3. The summed E-state index contributed by atoms with van der Waals surface area (Å²) in [6.45, 7) is 4.49. The molecule has 28 heavy (non-hydrogen) atoms. The highest BCUT2D eigenvalue weighted by molar-refractivity contribution is 5.73. The quantitative estimate of drug-likeness (QED) is 0.760. The van der Waals surface area contributed by atoms with Gasteiger partial charge in [-0.25, -0.2) is 4.39 Å². The predicted octanol–water partition coefficient (Wildman–Crippen LogP) is 0.641. The first kappa shape index (κ1) is 21.0. The molecule has 0 spiro atoms. The van der Waals surface area contributed by atoms with E-state index in [1.165, 1.54) is 31.2 Å². The van der Waals surface area contributed by atoms with Crippen LogP contribution in [0.15, 0.2) is 24.3 Å². The van der Waals surface area contributed by atoms with Crippen LogP contribution in [0.5, 0.6) is 5.75 Å². The molecule has 7 nitrogen and oxygen atoms in total. The summed E-state index contributed by atoms with van der Waals surface area (Å²) in [7, 11) is 0. The number of hydrogen-bond donors (Lipinski definition) is 2. The fraction of sp³-hybridized carbons (Fsp3) is 0.650. The third-order valence-electron chi connectivity index (χ3n) is 5.42. The van der Waals surface area contributed by atoms with Gasteiger partial charge in [0, 0.05) is 39.6 Å². The highest BCUT2D eigenvalue weighted by Crippen LogP contribution is 2.25. The number of β-amino-alcohol motifs (C(OH)–C–C–N with tert-alkyl or cyclic N) is 2. The Kier molecular flexibility index (Phi) is 6.54. The average Bonchev–Trinajstić information content (AvgIpc) is 2.83. The van der Waals surface area contributed by atoms with E-state index in [1.54, 1.807) is 4.90 Å². The van der Waals surface area contributed by atoms with Gasteiger partial charge in [-0.2, -0.15) is 0 Å². The number of amides is 1. The molecule has 1 unspecified atom stereocenters. The molecule has 1 amide bonds. The lowest BCUT2D eigenvalue weighted by molar-refractivity contribution is -0.134. The van der Waals surface area contributed by atoms with Gasteiger partial charge < -0.3 is 24.6 Å². The van der Waals surface area contributed by atoms with Crippen LogP contribution in [-0.4, -0.2) is 89.7 Å². The Bertz CT molecular complexity index is 663. The Hall–Kier alpha value is -1.74. The van der Waals surface area contributed by atoms with Crippen LogP contribution in [0.2, 0.25) is 0 Å². The second kappa shape index (κ2) is 8.73. The number of nitrogens with zero attached hydrogens (tertiary/aromatic N) is 2. The molecule has 156 valence electrons. The van der Waals surface area contributed by atoms with Crippen molar-refractivity contribution in [3.05, 3.63) is 30.1 Å². The van der Waals surface area contributed by atoms with Crippen LogP contribution in [0.25, 0.3) is 0 Å². The summed E-state index contributed by atoms with van der Waals surface area (Å²) in [6, 6.07) is 5.63. The van der Waals surface area contributed by atoms with Crippen molar-refractivity contribution in [2.75, 3.05) is 52.5 Å². The molecule has 0 aliphatic carbocycles. The van der Waals surface area contributed by atoms with E-state index in [1.807, 2.05) is 4.90 Å². The SMILES string of the molecule is CC(=O)N1CCC(O)(CN2CCOCC(O)(COc3ccc(F)cc3)C2)CC1. The van der Waals surface area contributed by atoms with Crippen LogP contribution in [0, 0.1) is 5.82 Å². The van der Waals surface area contributed by atoms with Gasteiger partial charge in [-0.1, -0.05) is 0 Å². The molecule has 0 bridgehead atoms. The van der Waals surface area contributed by atoms with Crippen molar-refractivity contribution in [2.45, 2.75) is 31.0 Å². The lowest BCUT2D eigenvalue weighted by Gasteiger charge is -2.41. The summed E-state index contributed by atoms with van der Waals surface area (Å²) in [5.74, 6) is 0.150. The Labute approximate surface area is 164 Å². The maximum Gasteiger partial charge on any atom is 0.219 e. The van der Waals surface area contributed by atoms with Gasteiger partial charge in [0.2, 0.25) is 5.91 Å². The molecule has 1 aromatic carbocycles. The van der Waals surface area contributed by atoms with Crippen molar-refractivity contribution in [2.24, 2.45) is 0 Å². The van der Waals surface area contributed by atoms with Crippen LogP contribution >= 0.6 is 0 Å². The van der Waals surface area contributed by atoms with Gasteiger partial charge in [-0.3, -0.25) is 9.69 Å². The lowest BCUT2D eigenvalue weighted by Crippen LogP contribution is -2.55. The second-order valence-corrected chi connectivity index (χ2v) is 7.96. The van der Waals surface area contributed by atoms with Crippen molar-refractivity contribution in [1.82, 2.24) is 9.80 Å². The second-order valence-electron chi connectivity index (χ2n) is 7.96. The maximum absolute atomic E-state index is 13.0. The number of carbonyl (C=O) groups is 1. The summed E-state index contributed by atoms with van der Waals surface area (Å²) in [5, 5.41) is 21.9. The Morgan fingerprint density at radius 1 is 1.18 bits per heavy atom. The Morgan fingerprint density at radius 2 is 1.86 bits per heavy atom. The van der Waals surface area contributed by atoms with Crippen LogP contribution in [0.1, 0.15) is 19.8 Å². The molecule has 2 fully saturated rings. The number of halogens is 1. The molecular formula is C20H29FN2O5. The van der Waals surface area contributed by atoms with Gasteiger partial charge in [0.15, 0.2) is 0 Å². The third-order valence-corrected chi connectivity index (χ3v) is 5.42. The number of hydrogen-bond acceptors (Lipinski definition) is 6. The molecule has 0 saturated carbocycles. The third kappa shape index (κ3) is 5.64. The molecule has 0 aromatic heterocycles. The molecule has 1 aromatic rings. The normalized spacial score (nSPS) is 25.9. The molecule has 1 atom stereocenters. The van der Waals surface area contributed by atoms with E-state index in [4.69, 9.17) is 9.47 Å². The van der Waals surface area contributed by atoms with Gasteiger partial charge in [0.1, 0.15) is 23.8 Å². The first-order valence-electron chi connectivity index (χ1n) is 9.66. The maximum atomic E-state index is 13.0.